The van der Waals surface area contributed by atoms with Crippen molar-refractivity contribution >= 4 is 22.8 Å². The molecule has 2 aromatic carbocycles. The molecule has 0 saturated carbocycles. The second kappa shape index (κ2) is 13.0. The summed E-state index contributed by atoms with van der Waals surface area (Å²) in [5, 5.41) is 8.52. The van der Waals surface area contributed by atoms with Crippen molar-refractivity contribution in [3.63, 3.8) is 0 Å². The maximum absolute atomic E-state index is 11.1. The number of carbonyl (C=O) groups is 1. The maximum atomic E-state index is 11.1. The van der Waals surface area contributed by atoms with Gasteiger partial charge in [-0.1, -0.05) is 60.2 Å². The van der Waals surface area contributed by atoms with E-state index in [-0.39, 0.29) is 12.5 Å². The Hall–Kier alpha value is -2.28. The van der Waals surface area contributed by atoms with Crippen molar-refractivity contribution in [2.75, 3.05) is 13.2 Å². The van der Waals surface area contributed by atoms with Crippen molar-refractivity contribution in [2.45, 2.75) is 20.4 Å². The molecule has 0 unspecified atom stereocenters. The number of nitrogens with two attached hydrogens (primary N) is 2. The SMILES string of the molecule is CCOC(=O)CNCc1ccc(/C(=C/N)SN)cc1.Cc1ccccc1. The van der Waals surface area contributed by atoms with Crippen LogP contribution < -0.4 is 16.2 Å². The number of ether oxygens (including phenoxy) is 1. The second-order valence-electron chi connectivity index (χ2n) is 5.41. The summed E-state index contributed by atoms with van der Waals surface area (Å²) in [6.45, 7) is 5.09. The standard InChI is InChI=1S/C13H19N3O2S.C7H8/c1-2-18-13(17)9-16-8-10-3-5-11(6-4-10)12(7-14)19-15;1-7-5-3-2-4-6-7/h3-7,16H,2,8-9,14-15H2,1H3;2-6H,1H3/b12-7-;. The second-order valence-corrected chi connectivity index (χ2v) is 6.08. The van der Waals surface area contributed by atoms with Gasteiger partial charge in [0.25, 0.3) is 0 Å². The zero-order valence-corrected chi connectivity index (χ0v) is 16.1. The van der Waals surface area contributed by atoms with Gasteiger partial charge >= 0.3 is 5.97 Å². The Kier molecular flexibility index (Phi) is 10.9. The number of aryl methyl sites for hydroxylation is 1. The average Bonchev–Trinajstić information content (AvgIpc) is 2.65. The van der Waals surface area contributed by atoms with Crippen LogP contribution in [-0.2, 0) is 16.1 Å². The minimum absolute atomic E-state index is 0.211. The smallest absolute Gasteiger partial charge is 0.319 e. The number of rotatable bonds is 7. The van der Waals surface area contributed by atoms with Crippen molar-refractivity contribution in [1.82, 2.24) is 5.32 Å². The summed E-state index contributed by atoms with van der Waals surface area (Å²) < 4.78 is 4.82. The molecule has 0 heterocycles. The molecule has 0 fully saturated rings. The number of nitrogens with one attached hydrogen (secondary N) is 1. The van der Waals surface area contributed by atoms with E-state index < -0.39 is 0 Å². The van der Waals surface area contributed by atoms with Crippen molar-refractivity contribution < 1.29 is 9.53 Å². The Morgan fingerprint density at radius 1 is 1.15 bits per heavy atom. The highest BCUT2D eigenvalue weighted by atomic mass is 32.2. The van der Waals surface area contributed by atoms with Gasteiger partial charge in [-0.3, -0.25) is 9.93 Å². The first-order chi connectivity index (χ1) is 12.6. The quantitative estimate of drug-likeness (QED) is 0.510. The summed E-state index contributed by atoms with van der Waals surface area (Å²) in [4.78, 5) is 12.0. The Morgan fingerprint density at radius 2 is 1.81 bits per heavy atom. The van der Waals surface area contributed by atoms with Crippen LogP contribution >= 0.6 is 11.9 Å². The third-order valence-electron chi connectivity index (χ3n) is 3.36. The van der Waals surface area contributed by atoms with Gasteiger partial charge in [0.05, 0.1) is 13.2 Å². The first kappa shape index (κ1) is 21.8. The van der Waals surface area contributed by atoms with E-state index in [1.165, 1.54) is 11.8 Å². The molecule has 26 heavy (non-hydrogen) atoms. The van der Waals surface area contributed by atoms with E-state index in [9.17, 15) is 4.79 Å². The first-order valence-corrected chi connectivity index (χ1v) is 9.24. The number of hydrogen-bond donors (Lipinski definition) is 3. The molecule has 0 bridgehead atoms. The predicted molar refractivity (Wildman–Crippen MR) is 110 cm³/mol. The summed E-state index contributed by atoms with van der Waals surface area (Å²) in [7, 11) is 0. The third kappa shape index (κ3) is 8.71. The molecule has 0 atom stereocenters. The fourth-order valence-electron chi connectivity index (χ4n) is 2.05. The van der Waals surface area contributed by atoms with Gasteiger partial charge in [0.1, 0.15) is 0 Å². The number of hydrogen-bond acceptors (Lipinski definition) is 6. The van der Waals surface area contributed by atoms with E-state index in [0.29, 0.717) is 13.2 Å². The molecule has 140 valence electrons. The van der Waals surface area contributed by atoms with Crippen molar-refractivity contribution in [2.24, 2.45) is 10.9 Å². The number of benzene rings is 2. The van der Waals surface area contributed by atoms with E-state index in [1.54, 1.807) is 6.92 Å². The summed E-state index contributed by atoms with van der Waals surface area (Å²) >= 11 is 1.12. The molecule has 5 nitrogen and oxygen atoms in total. The molecular formula is C20H27N3O2S. The minimum atomic E-state index is -0.244. The lowest BCUT2D eigenvalue weighted by Crippen LogP contribution is -2.24. The lowest BCUT2D eigenvalue weighted by molar-refractivity contribution is -0.142. The van der Waals surface area contributed by atoms with Crippen molar-refractivity contribution in [3.05, 3.63) is 77.5 Å². The molecule has 0 aliphatic carbocycles. The fraction of sp³-hybridized carbons (Fsp3) is 0.250. The topological polar surface area (TPSA) is 90.4 Å². The normalized spacial score (nSPS) is 10.7. The highest BCUT2D eigenvalue weighted by Crippen LogP contribution is 2.21. The predicted octanol–water partition coefficient (Wildman–Crippen LogP) is 3.20. The third-order valence-corrected chi connectivity index (χ3v) is 3.99. The first-order valence-electron chi connectivity index (χ1n) is 8.36. The zero-order valence-electron chi connectivity index (χ0n) is 15.3. The monoisotopic (exact) mass is 373 g/mol. The van der Waals surface area contributed by atoms with Gasteiger partial charge in [0.2, 0.25) is 0 Å². The molecule has 0 amide bonds. The van der Waals surface area contributed by atoms with Crippen LogP contribution in [0.5, 0.6) is 0 Å². The van der Waals surface area contributed by atoms with Crippen molar-refractivity contribution in [3.8, 4) is 0 Å². The van der Waals surface area contributed by atoms with Crippen LogP contribution in [0.15, 0.2) is 60.8 Å². The van der Waals surface area contributed by atoms with E-state index in [1.807, 2.05) is 42.5 Å². The molecule has 6 heteroatoms. The van der Waals surface area contributed by atoms with Crippen molar-refractivity contribution in [1.29, 1.82) is 0 Å². The Labute approximate surface area is 159 Å². The van der Waals surface area contributed by atoms with Crippen LogP contribution in [0.4, 0.5) is 0 Å². The number of esters is 1. The Bertz CT molecular complexity index is 673. The van der Waals surface area contributed by atoms with Gasteiger partial charge in [-0.25, -0.2) is 0 Å². The van der Waals surface area contributed by atoms with Gasteiger partial charge in [-0.15, -0.1) is 0 Å². The molecular weight excluding hydrogens is 346 g/mol. The van der Waals surface area contributed by atoms with E-state index in [0.717, 1.165) is 28.0 Å². The van der Waals surface area contributed by atoms with E-state index in [4.69, 9.17) is 15.6 Å². The van der Waals surface area contributed by atoms with Gasteiger partial charge in [0.15, 0.2) is 0 Å². The largest absolute Gasteiger partial charge is 0.465 e. The molecule has 0 aromatic heterocycles. The van der Waals surface area contributed by atoms with Gasteiger partial charge in [-0.05, 0) is 36.9 Å². The molecule has 0 radical (unpaired) electrons. The van der Waals surface area contributed by atoms with Crippen LogP contribution in [-0.4, -0.2) is 19.1 Å². The summed E-state index contributed by atoms with van der Waals surface area (Å²) in [6.07, 6.45) is 1.48. The van der Waals surface area contributed by atoms with Crippen LogP contribution in [0.3, 0.4) is 0 Å². The maximum Gasteiger partial charge on any atom is 0.319 e. The van der Waals surface area contributed by atoms with Crippen LogP contribution in [0.1, 0.15) is 23.6 Å². The van der Waals surface area contributed by atoms with Gasteiger partial charge in [0, 0.05) is 17.6 Å². The molecule has 0 saturated heterocycles. The Balaban J connectivity index is 0.000000401. The molecule has 0 aliphatic rings. The summed E-state index contributed by atoms with van der Waals surface area (Å²) in [5.74, 6) is -0.244. The zero-order chi connectivity index (χ0) is 19.2. The van der Waals surface area contributed by atoms with E-state index >= 15 is 0 Å². The number of carbonyl (C=O) groups excluding carboxylic acids is 1. The molecule has 2 rings (SSSR count). The lowest BCUT2D eigenvalue weighted by Gasteiger charge is -2.07. The highest BCUT2D eigenvalue weighted by molar-refractivity contribution is 8.06. The Morgan fingerprint density at radius 3 is 2.27 bits per heavy atom. The molecule has 0 aliphatic heterocycles. The van der Waals surface area contributed by atoms with Crippen LogP contribution in [0, 0.1) is 6.92 Å². The average molecular weight is 374 g/mol. The highest BCUT2D eigenvalue weighted by Gasteiger charge is 2.02. The van der Waals surface area contributed by atoms with Crippen LogP contribution in [0.25, 0.3) is 4.91 Å². The fourth-order valence-corrected chi connectivity index (χ4v) is 2.40. The van der Waals surface area contributed by atoms with Gasteiger partial charge < -0.3 is 15.8 Å². The van der Waals surface area contributed by atoms with E-state index in [2.05, 4.69) is 24.4 Å². The molecule has 0 spiro atoms. The minimum Gasteiger partial charge on any atom is -0.465 e. The molecule has 2 aromatic rings. The summed E-state index contributed by atoms with van der Waals surface area (Å²) in [6, 6.07) is 18.1. The lowest BCUT2D eigenvalue weighted by atomic mass is 10.1. The van der Waals surface area contributed by atoms with Crippen LogP contribution in [0.2, 0.25) is 0 Å². The van der Waals surface area contributed by atoms with Gasteiger partial charge in [-0.2, -0.15) is 0 Å². The summed E-state index contributed by atoms with van der Waals surface area (Å²) in [5.41, 5.74) is 8.84. The molecule has 5 N–H and O–H groups in total.